The lowest BCUT2D eigenvalue weighted by atomic mass is 9.76. The van der Waals surface area contributed by atoms with Crippen LogP contribution in [0.3, 0.4) is 0 Å². The first-order chi connectivity index (χ1) is 15.5. The van der Waals surface area contributed by atoms with Gasteiger partial charge in [-0.05, 0) is 43.0 Å². The zero-order valence-electron chi connectivity index (χ0n) is 17.6. The first kappa shape index (κ1) is 21.0. The van der Waals surface area contributed by atoms with E-state index in [0.717, 1.165) is 29.7 Å². The fraction of sp³-hybridized carbons (Fsp3) is 0.240. The lowest BCUT2D eigenvalue weighted by molar-refractivity contribution is -0.116. The smallest absolute Gasteiger partial charge is 0.257 e. The summed E-state index contributed by atoms with van der Waals surface area (Å²) in [6.45, 7) is 2.06. The van der Waals surface area contributed by atoms with Crippen LogP contribution >= 0.6 is 23.4 Å². The molecule has 0 unspecified atom stereocenters. The molecule has 0 spiro atoms. The molecule has 2 heterocycles. The number of nitrogens with one attached hydrogen (secondary N) is 2. The second-order valence-electron chi connectivity index (χ2n) is 8.19. The molecular formula is C25H22ClN3O2S. The molecule has 0 saturated carbocycles. The quantitative estimate of drug-likeness (QED) is 0.389. The second-order valence-corrected chi connectivity index (χ2v) is 9.59. The monoisotopic (exact) mass is 463 g/mol. The number of Topliss-reactive ketones (excluding diaryl/α,β-unsaturated/α-hetero) is 1. The number of hydrogen-bond donors (Lipinski definition) is 2. The van der Waals surface area contributed by atoms with E-state index >= 15 is 0 Å². The molecule has 3 aromatic rings. The number of ketones is 1. The molecule has 0 amide bonds. The maximum absolute atomic E-state index is 13.3. The Morgan fingerprint density at radius 3 is 2.56 bits per heavy atom. The van der Waals surface area contributed by atoms with Gasteiger partial charge in [0.05, 0.1) is 5.56 Å². The number of rotatable bonds is 4. The number of thioether (sulfide) groups is 1. The highest BCUT2D eigenvalue weighted by Crippen LogP contribution is 2.43. The number of aryl methyl sites for hydroxylation is 1. The van der Waals surface area contributed by atoms with E-state index in [4.69, 9.17) is 16.6 Å². The minimum absolute atomic E-state index is 0.0848. The topological polar surface area (TPSA) is 74.8 Å². The van der Waals surface area contributed by atoms with Gasteiger partial charge in [0.15, 0.2) is 10.9 Å². The molecule has 0 bridgehead atoms. The molecule has 2 N–H and O–H groups in total. The van der Waals surface area contributed by atoms with Crippen LogP contribution in [-0.4, -0.2) is 15.8 Å². The van der Waals surface area contributed by atoms with Gasteiger partial charge in [-0.1, -0.05) is 65.3 Å². The van der Waals surface area contributed by atoms with Gasteiger partial charge in [0, 0.05) is 34.4 Å². The number of carbonyl (C=O) groups is 1. The van der Waals surface area contributed by atoms with Crippen molar-refractivity contribution in [3.05, 3.63) is 97.4 Å². The van der Waals surface area contributed by atoms with E-state index in [0.29, 0.717) is 39.3 Å². The first-order valence-electron chi connectivity index (χ1n) is 10.6. The van der Waals surface area contributed by atoms with Gasteiger partial charge in [-0.15, -0.1) is 0 Å². The highest BCUT2D eigenvalue weighted by molar-refractivity contribution is 7.98. The number of carbonyl (C=O) groups excluding carboxylic acids is 1. The number of fused-ring (bicyclic) bond motifs is 1. The standard InChI is InChI=1S/C25H22ClN3O2S/c1-14-5-7-15(8-6-14)13-32-25-28-23-22(24(31)29-25)20(16-9-11-17(26)12-10-16)21-18(27-23)3-2-4-19(21)30/h5-12,20H,2-4,13H2,1H3,(H2,27,28,29,31)/t20-/m0/s1. The van der Waals surface area contributed by atoms with Crippen LogP contribution in [0.2, 0.25) is 5.02 Å². The van der Waals surface area contributed by atoms with Crippen LogP contribution in [0.5, 0.6) is 0 Å². The average molecular weight is 464 g/mol. The summed E-state index contributed by atoms with van der Waals surface area (Å²) >= 11 is 7.58. The number of benzene rings is 2. The van der Waals surface area contributed by atoms with Gasteiger partial charge >= 0.3 is 0 Å². The predicted octanol–water partition coefficient (Wildman–Crippen LogP) is 5.59. The number of aromatic amines is 1. The maximum atomic E-state index is 13.3. The van der Waals surface area contributed by atoms with Crippen molar-refractivity contribution in [3.8, 4) is 0 Å². The molecule has 1 aromatic heterocycles. The second kappa shape index (κ2) is 8.60. The van der Waals surface area contributed by atoms with Crippen molar-refractivity contribution in [2.75, 3.05) is 5.32 Å². The predicted molar refractivity (Wildman–Crippen MR) is 128 cm³/mol. The summed E-state index contributed by atoms with van der Waals surface area (Å²) in [4.78, 5) is 33.8. The van der Waals surface area contributed by atoms with Gasteiger partial charge in [-0.3, -0.25) is 9.59 Å². The Labute approximate surface area is 195 Å². The molecule has 0 fully saturated rings. The summed E-state index contributed by atoms with van der Waals surface area (Å²) in [6.07, 6.45) is 2.06. The summed E-state index contributed by atoms with van der Waals surface area (Å²) < 4.78 is 0. The van der Waals surface area contributed by atoms with Crippen molar-refractivity contribution < 1.29 is 4.79 Å². The molecule has 2 aromatic carbocycles. The zero-order valence-corrected chi connectivity index (χ0v) is 19.1. The van der Waals surface area contributed by atoms with E-state index in [1.807, 2.05) is 12.1 Å². The number of nitrogens with zero attached hydrogens (tertiary/aromatic N) is 1. The SMILES string of the molecule is Cc1ccc(CSc2nc3c(c(=O)[nH]2)[C@@H](c2ccc(Cl)cc2)C2=C(CCCC2=O)N3)cc1. The van der Waals surface area contributed by atoms with Crippen LogP contribution in [-0.2, 0) is 10.5 Å². The largest absolute Gasteiger partial charge is 0.343 e. The summed E-state index contributed by atoms with van der Waals surface area (Å²) in [5.74, 6) is 0.878. The Hall–Kier alpha value is -2.83. The molecule has 0 saturated heterocycles. The van der Waals surface area contributed by atoms with E-state index in [1.165, 1.54) is 17.3 Å². The summed E-state index contributed by atoms with van der Waals surface area (Å²) in [5.41, 5.74) is 5.06. The minimum atomic E-state index is -0.446. The molecule has 1 aliphatic heterocycles. The van der Waals surface area contributed by atoms with Crippen LogP contribution in [0.1, 0.15) is 47.4 Å². The highest BCUT2D eigenvalue weighted by atomic mass is 35.5. The Morgan fingerprint density at radius 1 is 1.06 bits per heavy atom. The molecule has 5 rings (SSSR count). The van der Waals surface area contributed by atoms with Crippen LogP contribution < -0.4 is 10.9 Å². The Morgan fingerprint density at radius 2 is 1.81 bits per heavy atom. The third-order valence-corrected chi connectivity index (χ3v) is 7.13. The van der Waals surface area contributed by atoms with Crippen molar-refractivity contribution in [2.45, 2.75) is 43.0 Å². The minimum Gasteiger partial charge on any atom is -0.343 e. The molecule has 2 aliphatic rings. The molecular weight excluding hydrogens is 442 g/mol. The Kier molecular flexibility index (Phi) is 5.66. The van der Waals surface area contributed by atoms with Crippen LogP contribution in [0.25, 0.3) is 0 Å². The third-order valence-electron chi connectivity index (χ3n) is 5.94. The lowest BCUT2D eigenvalue weighted by Gasteiger charge is -2.32. The summed E-state index contributed by atoms with van der Waals surface area (Å²) in [5, 5.41) is 4.49. The van der Waals surface area contributed by atoms with Gasteiger partial charge in [-0.2, -0.15) is 0 Å². The van der Waals surface area contributed by atoms with E-state index in [2.05, 4.69) is 41.5 Å². The van der Waals surface area contributed by atoms with Crippen LogP contribution in [0.15, 0.2) is 69.8 Å². The Bertz CT molecular complexity index is 1280. The number of halogens is 1. The van der Waals surface area contributed by atoms with Crippen molar-refractivity contribution in [1.29, 1.82) is 0 Å². The average Bonchev–Trinajstić information content (AvgIpc) is 2.78. The number of anilines is 1. The molecule has 1 atom stereocenters. The van der Waals surface area contributed by atoms with Gasteiger partial charge in [0.2, 0.25) is 0 Å². The molecule has 7 heteroatoms. The van der Waals surface area contributed by atoms with E-state index in [-0.39, 0.29) is 11.3 Å². The van der Waals surface area contributed by atoms with Gasteiger partial charge in [-0.25, -0.2) is 4.98 Å². The van der Waals surface area contributed by atoms with Gasteiger partial charge < -0.3 is 10.3 Å². The van der Waals surface area contributed by atoms with E-state index < -0.39 is 5.92 Å². The number of hydrogen-bond acceptors (Lipinski definition) is 5. The van der Waals surface area contributed by atoms with Crippen molar-refractivity contribution in [2.24, 2.45) is 0 Å². The van der Waals surface area contributed by atoms with Gasteiger partial charge in [0.25, 0.3) is 5.56 Å². The molecule has 5 nitrogen and oxygen atoms in total. The molecule has 32 heavy (non-hydrogen) atoms. The van der Waals surface area contributed by atoms with Crippen molar-refractivity contribution in [3.63, 3.8) is 0 Å². The molecule has 1 aliphatic carbocycles. The maximum Gasteiger partial charge on any atom is 0.257 e. The summed E-state index contributed by atoms with van der Waals surface area (Å²) in [6, 6.07) is 15.7. The van der Waals surface area contributed by atoms with E-state index in [1.54, 1.807) is 12.1 Å². The summed E-state index contributed by atoms with van der Waals surface area (Å²) in [7, 11) is 0. The number of aromatic nitrogens is 2. The molecule has 162 valence electrons. The van der Waals surface area contributed by atoms with Crippen molar-refractivity contribution in [1.82, 2.24) is 9.97 Å². The van der Waals surface area contributed by atoms with Crippen LogP contribution in [0.4, 0.5) is 5.82 Å². The fourth-order valence-corrected chi connectivity index (χ4v) is 5.28. The van der Waals surface area contributed by atoms with Crippen LogP contribution in [0, 0.1) is 6.92 Å². The third kappa shape index (κ3) is 4.00. The number of H-pyrrole nitrogens is 1. The number of allylic oxidation sites excluding steroid dienone is 2. The Balaban J connectivity index is 1.54. The lowest BCUT2D eigenvalue weighted by Crippen LogP contribution is -2.32. The zero-order chi connectivity index (χ0) is 22.2. The van der Waals surface area contributed by atoms with Crippen molar-refractivity contribution >= 4 is 35.0 Å². The fourth-order valence-electron chi connectivity index (χ4n) is 4.33. The van der Waals surface area contributed by atoms with E-state index in [9.17, 15) is 9.59 Å². The molecule has 0 radical (unpaired) electrons. The highest BCUT2D eigenvalue weighted by Gasteiger charge is 2.37. The van der Waals surface area contributed by atoms with Gasteiger partial charge in [0.1, 0.15) is 5.82 Å². The first-order valence-corrected chi connectivity index (χ1v) is 12.0. The normalized spacial score (nSPS) is 17.6.